The number of cyclic esters (lactones) is 1. The molecule has 0 aromatic heterocycles. The van der Waals surface area contributed by atoms with E-state index in [0.717, 1.165) is 12.0 Å². The van der Waals surface area contributed by atoms with E-state index >= 15 is 0 Å². The second-order valence-corrected chi connectivity index (χ2v) is 3.27. The maximum Gasteiger partial charge on any atom is 0.311 e. The lowest BCUT2D eigenvalue weighted by atomic mass is 9.95. The second kappa shape index (κ2) is 3.57. The molecule has 0 bridgehead atoms. The average molecular weight is 166 g/mol. The Morgan fingerprint density at radius 2 is 2.42 bits per heavy atom. The Hall–Kier alpha value is -1.05. The maximum absolute atomic E-state index is 11.1. The molecule has 0 aromatic carbocycles. The molecule has 0 fully saturated rings. The highest BCUT2D eigenvalue weighted by molar-refractivity contribution is 5.71. The highest BCUT2D eigenvalue weighted by Crippen LogP contribution is 2.23. The van der Waals surface area contributed by atoms with Crippen molar-refractivity contribution in [1.29, 1.82) is 0 Å². The predicted octanol–water partition coefficient (Wildman–Crippen LogP) is 2.42. The summed E-state index contributed by atoms with van der Waals surface area (Å²) in [5.41, 5.74) is 1.05. The molecule has 0 aliphatic carbocycles. The SMILES string of the molecule is C=C(C)C1CC=C(C)OC(=O)C1. The zero-order chi connectivity index (χ0) is 9.14. The molecular weight excluding hydrogens is 152 g/mol. The Kier molecular flexibility index (Phi) is 2.69. The first-order chi connectivity index (χ1) is 5.59. The Morgan fingerprint density at radius 3 is 3.00 bits per heavy atom. The van der Waals surface area contributed by atoms with Crippen LogP contribution in [0.1, 0.15) is 26.7 Å². The number of carbonyl (C=O) groups is 1. The van der Waals surface area contributed by atoms with Crippen LogP contribution in [0.15, 0.2) is 24.0 Å². The zero-order valence-corrected chi connectivity index (χ0v) is 7.59. The number of hydrogen-bond acceptors (Lipinski definition) is 2. The maximum atomic E-state index is 11.1. The van der Waals surface area contributed by atoms with Gasteiger partial charge in [-0.05, 0) is 32.3 Å². The molecule has 1 heterocycles. The third-order valence-corrected chi connectivity index (χ3v) is 2.07. The summed E-state index contributed by atoms with van der Waals surface area (Å²) in [6.07, 6.45) is 3.28. The largest absolute Gasteiger partial charge is 0.432 e. The zero-order valence-electron chi connectivity index (χ0n) is 7.59. The smallest absolute Gasteiger partial charge is 0.311 e. The van der Waals surface area contributed by atoms with Crippen LogP contribution in [-0.4, -0.2) is 5.97 Å². The van der Waals surface area contributed by atoms with Crippen LogP contribution in [0.5, 0.6) is 0 Å². The number of hydrogen-bond donors (Lipinski definition) is 0. The van der Waals surface area contributed by atoms with E-state index in [1.807, 2.05) is 13.0 Å². The predicted molar refractivity (Wildman–Crippen MR) is 47.4 cm³/mol. The molecule has 2 heteroatoms. The average Bonchev–Trinajstić information content (AvgIpc) is 2.11. The van der Waals surface area contributed by atoms with Gasteiger partial charge in [0.05, 0.1) is 6.42 Å². The minimum absolute atomic E-state index is 0.144. The van der Waals surface area contributed by atoms with E-state index in [-0.39, 0.29) is 11.9 Å². The molecule has 0 saturated carbocycles. The summed E-state index contributed by atoms with van der Waals surface area (Å²) >= 11 is 0. The van der Waals surface area contributed by atoms with Crippen molar-refractivity contribution in [1.82, 2.24) is 0 Å². The van der Waals surface area contributed by atoms with Gasteiger partial charge in [0.25, 0.3) is 0 Å². The topological polar surface area (TPSA) is 26.3 Å². The Balaban J connectivity index is 2.71. The fourth-order valence-electron chi connectivity index (χ4n) is 1.23. The van der Waals surface area contributed by atoms with Gasteiger partial charge in [0.1, 0.15) is 5.76 Å². The van der Waals surface area contributed by atoms with Crippen LogP contribution < -0.4 is 0 Å². The van der Waals surface area contributed by atoms with Gasteiger partial charge >= 0.3 is 5.97 Å². The first-order valence-corrected chi connectivity index (χ1v) is 4.12. The monoisotopic (exact) mass is 166 g/mol. The van der Waals surface area contributed by atoms with E-state index in [4.69, 9.17) is 4.74 Å². The summed E-state index contributed by atoms with van der Waals surface area (Å²) < 4.78 is 4.97. The highest BCUT2D eigenvalue weighted by Gasteiger charge is 2.18. The Labute approximate surface area is 72.9 Å². The molecular formula is C10H14O2. The van der Waals surface area contributed by atoms with Crippen molar-refractivity contribution >= 4 is 5.97 Å². The van der Waals surface area contributed by atoms with Gasteiger partial charge in [0, 0.05) is 0 Å². The molecule has 2 nitrogen and oxygen atoms in total. The van der Waals surface area contributed by atoms with Crippen LogP contribution in [-0.2, 0) is 9.53 Å². The molecule has 1 atom stereocenters. The van der Waals surface area contributed by atoms with Crippen molar-refractivity contribution in [3.05, 3.63) is 24.0 Å². The molecule has 1 unspecified atom stereocenters. The molecule has 12 heavy (non-hydrogen) atoms. The van der Waals surface area contributed by atoms with Gasteiger partial charge in [-0.25, -0.2) is 0 Å². The van der Waals surface area contributed by atoms with Crippen molar-refractivity contribution in [2.75, 3.05) is 0 Å². The molecule has 0 radical (unpaired) electrons. The lowest BCUT2D eigenvalue weighted by Crippen LogP contribution is -2.07. The van der Waals surface area contributed by atoms with Crippen molar-refractivity contribution in [3.8, 4) is 0 Å². The lowest BCUT2D eigenvalue weighted by Gasteiger charge is -2.09. The van der Waals surface area contributed by atoms with Crippen molar-refractivity contribution in [2.24, 2.45) is 5.92 Å². The molecule has 66 valence electrons. The molecule has 0 N–H and O–H groups in total. The number of esters is 1. The summed E-state index contributed by atoms with van der Waals surface area (Å²) in [6, 6.07) is 0. The molecule has 0 amide bonds. The molecule has 0 saturated heterocycles. The van der Waals surface area contributed by atoms with Gasteiger partial charge in [-0.2, -0.15) is 0 Å². The van der Waals surface area contributed by atoms with Crippen molar-refractivity contribution < 1.29 is 9.53 Å². The van der Waals surface area contributed by atoms with E-state index < -0.39 is 0 Å². The highest BCUT2D eigenvalue weighted by atomic mass is 16.5. The fourth-order valence-corrected chi connectivity index (χ4v) is 1.23. The van der Waals surface area contributed by atoms with Crippen molar-refractivity contribution in [3.63, 3.8) is 0 Å². The van der Waals surface area contributed by atoms with Crippen LogP contribution >= 0.6 is 0 Å². The lowest BCUT2D eigenvalue weighted by molar-refractivity contribution is -0.139. The van der Waals surface area contributed by atoms with E-state index in [2.05, 4.69) is 6.58 Å². The van der Waals surface area contributed by atoms with E-state index in [1.165, 1.54) is 0 Å². The van der Waals surface area contributed by atoms with Gasteiger partial charge in [-0.15, -0.1) is 0 Å². The summed E-state index contributed by atoms with van der Waals surface area (Å²) in [5, 5.41) is 0. The van der Waals surface area contributed by atoms with Crippen LogP contribution in [0.3, 0.4) is 0 Å². The summed E-state index contributed by atoms with van der Waals surface area (Å²) in [7, 11) is 0. The Bertz CT molecular complexity index is 238. The normalized spacial score (nSPS) is 24.0. The number of allylic oxidation sites excluding steroid dienone is 3. The van der Waals surface area contributed by atoms with Crippen LogP contribution in [0.2, 0.25) is 0 Å². The Morgan fingerprint density at radius 1 is 1.75 bits per heavy atom. The van der Waals surface area contributed by atoms with E-state index in [1.54, 1.807) is 6.92 Å². The van der Waals surface area contributed by atoms with Crippen LogP contribution in [0.25, 0.3) is 0 Å². The van der Waals surface area contributed by atoms with Gasteiger partial charge in [-0.3, -0.25) is 4.79 Å². The summed E-state index contributed by atoms with van der Waals surface area (Å²) in [6.45, 7) is 7.60. The fraction of sp³-hybridized carbons (Fsp3) is 0.500. The molecule has 1 aliphatic heterocycles. The summed E-state index contributed by atoms with van der Waals surface area (Å²) in [4.78, 5) is 11.1. The second-order valence-electron chi connectivity index (χ2n) is 3.27. The van der Waals surface area contributed by atoms with Crippen LogP contribution in [0, 0.1) is 5.92 Å². The standard InChI is InChI=1S/C10H14O2/c1-7(2)9-5-4-8(3)12-10(11)6-9/h4,9H,1,5-6H2,2-3H3. The number of rotatable bonds is 1. The number of ether oxygens (including phenoxy) is 1. The van der Waals surface area contributed by atoms with E-state index in [9.17, 15) is 4.79 Å². The third kappa shape index (κ3) is 2.22. The first kappa shape index (κ1) is 9.04. The molecule has 0 spiro atoms. The quantitative estimate of drug-likeness (QED) is 0.441. The van der Waals surface area contributed by atoms with Gasteiger partial charge in [0.15, 0.2) is 0 Å². The number of carbonyl (C=O) groups excluding carboxylic acids is 1. The van der Waals surface area contributed by atoms with Crippen molar-refractivity contribution in [2.45, 2.75) is 26.7 Å². The summed E-state index contributed by atoms with van der Waals surface area (Å²) in [5.74, 6) is 0.827. The van der Waals surface area contributed by atoms with Gasteiger partial charge < -0.3 is 4.74 Å². The minimum atomic E-state index is -0.144. The van der Waals surface area contributed by atoms with Crippen LogP contribution in [0.4, 0.5) is 0 Å². The van der Waals surface area contributed by atoms with Gasteiger partial charge in [0.2, 0.25) is 0 Å². The van der Waals surface area contributed by atoms with E-state index in [0.29, 0.717) is 12.2 Å². The first-order valence-electron chi connectivity index (χ1n) is 4.12. The minimum Gasteiger partial charge on any atom is -0.432 e. The molecule has 0 aromatic rings. The third-order valence-electron chi connectivity index (χ3n) is 2.07. The molecule has 1 aliphatic rings. The molecule has 1 rings (SSSR count). The van der Waals surface area contributed by atoms with Gasteiger partial charge in [-0.1, -0.05) is 12.2 Å².